The number of halogens is 1. The molecule has 1 saturated heterocycles. The highest BCUT2D eigenvalue weighted by Crippen LogP contribution is 2.24. The van der Waals surface area contributed by atoms with Gasteiger partial charge in [0.2, 0.25) is 0 Å². The lowest BCUT2D eigenvalue weighted by atomic mass is 10.2. The first-order valence-electron chi connectivity index (χ1n) is 7.25. The van der Waals surface area contributed by atoms with E-state index in [9.17, 15) is 8.42 Å². The Kier molecular flexibility index (Phi) is 5.40. The molecule has 0 unspecified atom stereocenters. The van der Waals surface area contributed by atoms with Gasteiger partial charge < -0.3 is 10.2 Å². The molecule has 0 aliphatic carbocycles. The Morgan fingerprint density at radius 2 is 2.23 bits per heavy atom. The Morgan fingerprint density at radius 1 is 1.50 bits per heavy atom. The highest BCUT2D eigenvalue weighted by Gasteiger charge is 2.40. The molecule has 8 heteroatoms. The maximum Gasteiger partial charge on any atom is 0.194 e. The van der Waals surface area contributed by atoms with Gasteiger partial charge in [0.1, 0.15) is 0 Å². The molecule has 0 saturated carbocycles. The van der Waals surface area contributed by atoms with E-state index in [1.165, 1.54) is 11.3 Å². The number of thiophene rings is 1. The Balaban J connectivity index is 2.14. The van der Waals surface area contributed by atoms with Gasteiger partial charge in [-0.1, -0.05) is 11.6 Å². The summed E-state index contributed by atoms with van der Waals surface area (Å²) >= 11 is 7.44. The van der Waals surface area contributed by atoms with Gasteiger partial charge in [-0.05, 0) is 32.9 Å². The van der Waals surface area contributed by atoms with E-state index in [0.29, 0.717) is 19.6 Å². The van der Waals surface area contributed by atoms with E-state index in [1.807, 2.05) is 24.0 Å². The second kappa shape index (κ2) is 6.76. The molecule has 0 aromatic carbocycles. The minimum atomic E-state index is -3.05. The molecule has 1 N–H and O–H groups in total. The monoisotopic (exact) mass is 363 g/mol. The number of hydrogen-bond donors (Lipinski definition) is 1. The third kappa shape index (κ3) is 3.94. The molecule has 0 spiro atoms. The van der Waals surface area contributed by atoms with E-state index in [0.717, 1.165) is 21.7 Å². The molecule has 5 nitrogen and oxygen atoms in total. The fraction of sp³-hybridized carbons (Fsp3) is 0.643. The molecule has 124 valence electrons. The van der Waals surface area contributed by atoms with Crippen molar-refractivity contribution in [3.63, 3.8) is 0 Å². The molecule has 0 amide bonds. The van der Waals surface area contributed by atoms with Crippen molar-refractivity contribution in [2.24, 2.45) is 4.99 Å². The minimum absolute atomic E-state index is 0.162. The first-order chi connectivity index (χ1) is 10.2. The predicted molar refractivity (Wildman–Crippen MR) is 93.6 cm³/mol. The van der Waals surface area contributed by atoms with Gasteiger partial charge in [0.15, 0.2) is 15.8 Å². The summed E-state index contributed by atoms with van der Waals surface area (Å²) < 4.78 is 24.2. The van der Waals surface area contributed by atoms with Gasteiger partial charge in [0, 0.05) is 24.5 Å². The number of guanidine groups is 1. The van der Waals surface area contributed by atoms with Crippen LogP contribution in [0.5, 0.6) is 0 Å². The fourth-order valence-corrected chi connectivity index (χ4v) is 4.72. The predicted octanol–water partition coefficient (Wildman–Crippen LogP) is 2.38. The van der Waals surface area contributed by atoms with Gasteiger partial charge in [0.05, 0.1) is 21.4 Å². The van der Waals surface area contributed by atoms with E-state index >= 15 is 0 Å². The smallest absolute Gasteiger partial charge is 0.194 e. The molecule has 1 aromatic heterocycles. The van der Waals surface area contributed by atoms with Crippen LogP contribution in [-0.2, 0) is 16.4 Å². The first-order valence-corrected chi connectivity index (χ1v) is 10.1. The zero-order chi connectivity index (χ0) is 16.4. The van der Waals surface area contributed by atoms with E-state index in [2.05, 4.69) is 10.3 Å². The number of nitrogens with one attached hydrogen (secondary N) is 1. The molecular formula is C14H22ClN3O2S2. The van der Waals surface area contributed by atoms with E-state index in [4.69, 9.17) is 11.6 Å². The second-order valence-corrected chi connectivity index (χ2v) is 10.4. The van der Waals surface area contributed by atoms with Crippen molar-refractivity contribution in [2.45, 2.75) is 32.1 Å². The zero-order valence-corrected chi connectivity index (χ0v) is 15.5. The van der Waals surface area contributed by atoms with Crippen LogP contribution >= 0.6 is 22.9 Å². The number of nitrogens with zero attached hydrogens (tertiary/aromatic N) is 2. The van der Waals surface area contributed by atoms with E-state index in [-0.39, 0.29) is 5.75 Å². The summed E-state index contributed by atoms with van der Waals surface area (Å²) in [5.74, 6) is 0.921. The fourth-order valence-electron chi connectivity index (χ4n) is 2.34. The van der Waals surface area contributed by atoms with Crippen LogP contribution in [0.25, 0.3) is 0 Å². The second-order valence-electron chi connectivity index (χ2n) is 5.88. The SMILES string of the molecule is CCNC(=NCc1ccc(Cl)s1)N1CCS(=O)(=O)C(C)(C)C1. The van der Waals surface area contributed by atoms with Gasteiger partial charge in [-0.2, -0.15) is 0 Å². The quantitative estimate of drug-likeness (QED) is 0.661. The van der Waals surface area contributed by atoms with Gasteiger partial charge in [-0.3, -0.25) is 0 Å². The largest absolute Gasteiger partial charge is 0.357 e. The van der Waals surface area contributed by atoms with Crippen LogP contribution in [0.3, 0.4) is 0 Å². The van der Waals surface area contributed by atoms with E-state index < -0.39 is 14.6 Å². The normalized spacial score (nSPS) is 20.9. The van der Waals surface area contributed by atoms with Crippen molar-refractivity contribution >= 4 is 38.7 Å². The highest BCUT2D eigenvalue weighted by atomic mass is 35.5. The summed E-state index contributed by atoms with van der Waals surface area (Å²) in [6.07, 6.45) is 0. The molecule has 2 rings (SSSR count). The lowest BCUT2D eigenvalue weighted by Gasteiger charge is -2.39. The Bertz CT molecular complexity index is 653. The van der Waals surface area contributed by atoms with Crippen molar-refractivity contribution in [3.8, 4) is 0 Å². The highest BCUT2D eigenvalue weighted by molar-refractivity contribution is 7.92. The molecule has 1 aliphatic heterocycles. The van der Waals surface area contributed by atoms with Crippen LogP contribution in [0.2, 0.25) is 4.34 Å². The van der Waals surface area contributed by atoms with Crippen LogP contribution in [0, 0.1) is 0 Å². The number of rotatable bonds is 3. The third-order valence-corrected chi connectivity index (χ3v) is 7.44. The summed E-state index contributed by atoms with van der Waals surface area (Å²) in [6.45, 7) is 7.77. The molecule has 2 heterocycles. The van der Waals surface area contributed by atoms with Crippen LogP contribution in [0.4, 0.5) is 0 Å². The Morgan fingerprint density at radius 3 is 2.77 bits per heavy atom. The average Bonchev–Trinajstić information content (AvgIpc) is 2.84. The maximum absolute atomic E-state index is 12.1. The third-order valence-electron chi connectivity index (χ3n) is 3.69. The molecular weight excluding hydrogens is 342 g/mol. The van der Waals surface area contributed by atoms with Gasteiger partial charge >= 0.3 is 0 Å². The van der Waals surface area contributed by atoms with Crippen molar-refractivity contribution in [2.75, 3.05) is 25.4 Å². The topological polar surface area (TPSA) is 61.8 Å². The standard InChI is InChI=1S/C14H22ClN3O2S2/c1-4-16-13(17-9-11-5-6-12(15)21-11)18-7-8-22(19,20)14(2,3)10-18/h5-6H,4,7-10H2,1-3H3,(H,16,17). The zero-order valence-electron chi connectivity index (χ0n) is 13.1. The number of hydrogen-bond acceptors (Lipinski definition) is 4. The van der Waals surface area contributed by atoms with Crippen molar-refractivity contribution in [1.29, 1.82) is 0 Å². The number of aliphatic imine (C=N–C) groups is 1. The van der Waals surface area contributed by atoms with Crippen LogP contribution in [0.1, 0.15) is 25.6 Å². The van der Waals surface area contributed by atoms with E-state index in [1.54, 1.807) is 13.8 Å². The maximum atomic E-state index is 12.1. The summed E-state index contributed by atoms with van der Waals surface area (Å²) in [4.78, 5) is 7.74. The molecule has 0 bridgehead atoms. The molecule has 1 aromatic rings. The van der Waals surface area contributed by atoms with Crippen LogP contribution in [-0.4, -0.2) is 49.4 Å². The van der Waals surface area contributed by atoms with Crippen LogP contribution in [0.15, 0.2) is 17.1 Å². The lowest BCUT2D eigenvalue weighted by molar-refractivity contribution is 0.353. The Labute approximate surface area is 141 Å². The van der Waals surface area contributed by atoms with Crippen molar-refractivity contribution in [1.82, 2.24) is 10.2 Å². The minimum Gasteiger partial charge on any atom is -0.357 e. The molecule has 1 fully saturated rings. The summed E-state index contributed by atoms with van der Waals surface area (Å²) in [5, 5.41) is 3.25. The van der Waals surface area contributed by atoms with Gasteiger partial charge in [0.25, 0.3) is 0 Å². The molecule has 0 radical (unpaired) electrons. The summed E-state index contributed by atoms with van der Waals surface area (Å²) in [7, 11) is -3.05. The number of sulfone groups is 1. The molecule has 1 aliphatic rings. The molecule has 0 atom stereocenters. The van der Waals surface area contributed by atoms with Crippen molar-refractivity contribution in [3.05, 3.63) is 21.3 Å². The van der Waals surface area contributed by atoms with Crippen molar-refractivity contribution < 1.29 is 8.42 Å². The summed E-state index contributed by atoms with van der Waals surface area (Å²) in [5.41, 5.74) is 0. The average molecular weight is 364 g/mol. The summed E-state index contributed by atoms with van der Waals surface area (Å²) in [6, 6.07) is 3.82. The van der Waals surface area contributed by atoms with Crippen LogP contribution < -0.4 is 5.32 Å². The lowest BCUT2D eigenvalue weighted by Crippen LogP contribution is -2.57. The van der Waals surface area contributed by atoms with Gasteiger partial charge in [-0.25, -0.2) is 13.4 Å². The molecule has 22 heavy (non-hydrogen) atoms. The Hall–Kier alpha value is -0.790. The van der Waals surface area contributed by atoms with Gasteiger partial charge in [-0.15, -0.1) is 11.3 Å². The first kappa shape index (κ1) is 17.6.